The molecule has 10 heteroatoms. The number of carboxylic acid groups (broad SMARTS) is 1. The number of aryl methyl sites for hydroxylation is 2. The molecule has 1 aliphatic heterocycles. The average molecular weight is 537 g/mol. The highest BCUT2D eigenvalue weighted by molar-refractivity contribution is 5.96. The number of aliphatic carboxylic acids is 1. The Hall–Kier alpha value is -4.83. The van der Waals surface area contributed by atoms with Gasteiger partial charge in [0.05, 0.1) is 42.0 Å². The SMILES string of the molecule is O=C(O)CNC(=O)c1ccc(-c2c(CCc3ccc4ccccc4n3)nc3c(N4CCOCC4)ccnn23)cc1. The standard InChI is InChI=1S/C30H28N6O4/c37-27(38)19-31-30(39)22-7-5-21(6-8-22)28-25(12-11-23-10-9-20-3-1-2-4-24(20)33-23)34-29-26(13-14-32-36(28)29)35-15-17-40-18-16-35/h1-10,13-14H,11-12,15-19H2,(H,31,39)(H,37,38). The van der Waals surface area contributed by atoms with Gasteiger partial charge in [-0.15, -0.1) is 0 Å². The van der Waals surface area contributed by atoms with Crippen LogP contribution in [0.1, 0.15) is 21.7 Å². The third-order valence-electron chi connectivity index (χ3n) is 7.02. The van der Waals surface area contributed by atoms with Gasteiger partial charge in [0.1, 0.15) is 6.54 Å². The molecular weight excluding hydrogens is 508 g/mol. The van der Waals surface area contributed by atoms with Crippen LogP contribution < -0.4 is 10.2 Å². The molecule has 40 heavy (non-hydrogen) atoms. The van der Waals surface area contributed by atoms with E-state index in [4.69, 9.17) is 19.8 Å². The lowest BCUT2D eigenvalue weighted by molar-refractivity contribution is -0.135. The number of nitrogens with zero attached hydrogens (tertiary/aromatic N) is 5. The maximum Gasteiger partial charge on any atom is 0.322 e. The zero-order chi connectivity index (χ0) is 27.5. The van der Waals surface area contributed by atoms with E-state index in [9.17, 15) is 9.59 Å². The van der Waals surface area contributed by atoms with Crippen molar-refractivity contribution in [3.63, 3.8) is 0 Å². The molecule has 3 aromatic heterocycles. The van der Waals surface area contributed by atoms with Crippen molar-refractivity contribution < 1.29 is 19.4 Å². The molecule has 1 amide bonds. The topological polar surface area (TPSA) is 122 Å². The van der Waals surface area contributed by atoms with E-state index < -0.39 is 18.4 Å². The second kappa shape index (κ2) is 11.1. The van der Waals surface area contributed by atoms with Gasteiger partial charge in [0, 0.05) is 35.3 Å². The zero-order valence-electron chi connectivity index (χ0n) is 21.8. The summed E-state index contributed by atoms with van der Waals surface area (Å²) in [6.45, 7) is 2.44. The summed E-state index contributed by atoms with van der Waals surface area (Å²) in [5, 5.41) is 17.0. The van der Waals surface area contributed by atoms with Crippen LogP contribution in [0.15, 0.2) is 72.9 Å². The molecular formula is C30H28N6O4. The molecule has 1 fully saturated rings. The number of hydrogen-bond acceptors (Lipinski definition) is 7. The maximum absolute atomic E-state index is 12.4. The molecule has 0 saturated carbocycles. The van der Waals surface area contributed by atoms with Crippen LogP contribution >= 0.6 is 0 Å². The Morgan fingerprint density at radius 2 is 1.73 bits per heavy atom. The van der Waals surface area contributed by atoms with Gasteiger partial charge in [0.2, 0.25) is 0 Å². The number of pyridine rings is 1. The third-order valence-corrected chi connectivity index (χ3v) is 7.02. The van der Waals surface area contributed by atoms with Crippen molar-refractivity contribution >= 4 is 34.1 Å². The van der Waals surface area contributed by atoms with E-state index in [0.717, 1.165) is 58.0 Å². The third kappa shape index (κ3) is 5.21. The summed E-state index contributed by atoms with van der Waals surface area (Å²) in [6, 6.07) is 21.3. The van der Waals surface area contributed by atoms with Crippen molar-refractivity contribution in [3.8, 4) is 11.3 Å². The van der Waals surface area contributed by atoms with Crippen LogP contribution in [0.25, 0.3) is 27.8 Å². The molecule has 5 aromatic rings. The minimum Gasteiger partial charge on any atom is -0.480 e. The summed E-state index contributed by atoms with van der Waals surface area (Å²) in [5.41, 5.74) is 6.67. The summed E-state index contributed by atoms with van der Waals surface area (Å²) in [6.07, 6.45) is 3.13. The normalized spacial score (nSPS) is 13.6. The molecule has 10 nitrogen and oxygen atoms in total. The Morgan fingerprint density at radius 3 is 2.52 bits per heavy atom. The van der Waals surface area contributed by atoms with Gasteiger partial charge in [0.25, 0.3) is 5.91 Å². The predicted octanol–water partition coefficient (Wildman–Crippen LogP) is 3.38. The van der Waals surface area contributed by atoms with Crippen LogP contribution in [0.5, 0.6) is 0 Å². The first-order valence-corrected chi connectivity index (χ1v) is 13.2. The number of aromatic nitrogens is 4. The fourth-order valence-corrected chi connectivity index (χ4v) is 5.03. The Bertz CT molecular complexity index is 1690. The molecule has 1 aliphatic rings. The Kier molecular flexibility index (Phi) is 7.07. The minimum atomic E-state index is -1.09. The molecule has 0 radical (unpaired) electrons. The maximum atomic E-state index is 12.4. The number of imidazole rings is 1. The van der Waals surface area contributed by atoms with Crippen LogP contribution in [-0.2, 0) is 22.4 Å². The van der Waals surface area contributed by atoms with E-state index in [1.807, 2.05) is 40.9 Å². The molecule has 6 rings (SSSR count). The Balaban J connectivity index is 1.37. The summed E-state index contributed by atoms with van der Waals surface area (Å²) in [4.78, 5) is 35.4. The lowest BCUT2D eigenvalue weighted by atomic mass is 10.0. The van der Waals surface area contributed by atoms with Gasteiger partial charge in [-0.25, -0.2) is 9.50 Å². The van der Waals surface area contributed by atoms with Crippen LogP contribution in [0.4, 0.5) is 5.69 Å². The van der Waals surface area contributed by atoms with Crippen LogP contribution in [0.2, 0.25) is 0 Å². The number of carbonyl (C=O) groups excluding carboxylic acids is 1. The first kappa shape index (κ1) is 25.4. The van der Waals surface area contributed by atoms with Crippen molar-refractivity contribution in [3.05, 3.63) is 89.9 Å². The number of nitrogens with one attached hydrogen (secondary N) is 1. The van der Waals surface area contributed by atoms with E-state index in [0.29, 0.717) is 31.6 Å². The number of amides is 1. The van der Waals surface area contributed by atoms with Gasteiger partial charge in [0.15, 0.2) is 5.65 Å². The van der Waals surface area contributed by atoms with Crippen molar-refractivity contribution in [2.45, 2.75) is 12.8 Å². The summed E-state index contributed by atoms with van der Waals surface area (Å²) in [5.74, 6) is -1.54. The van der Waals surface area contributed by atoms with Crippen LogP contribution in [0.3, 0.4) is 0 Å². The van der Waals surface area contributed by atoms with E-state index in [1.165, 1.54) is 0 Å². The number of benzene rings is 2. The molecule has 0 aliphatic carbocycles. The first-order chi connectivity index (χ1) is 19.6. The molecule has 2 N–H and O–H groups in total. The quantitative estimate of drug-likeness (QED) is 0.310. The van der Waals surface area contributed by atoms with Crippen molar-refractivity contribution in [1.29, 1.82) is 0 Å². The highest BCUT2D eigenvalue weighted by Crippen LogP contribution is 2.30. The number of morpholine rings is 1. The van der Waals surface area contributed by atoms with Crippen molar-refractivity contribution in [2.24, 2.45) is 0 Å². The Morgan fingerprint density at radius 1 is 0.925 bits per heavy atom. The first-order valence-electron chi connectivity index (χ1n) is 13.2. The van der Waals surface area contributed by atoms with Gasteiger partial charge < -0.3 is 20.1 Å². The molecule has 0 atom stereocenters. The average Bonchev–Trinajstić information content (AvgIpc) is 3.38. The molecule has 0 bridgehead atoms. The monoisotopic (exact) mass is 536 g/mol. The molecule has 0 unspecified atom stereocenters. The fourth-order valence-electron chi connectivity index (χ4n) is 5.03. The summed E-state index contributed by atoms with van der Waals surface area (Å²) < 4.78 is 7.42. The highest BCUT2D eigenvalue weighted by atomic mass is 16.5. The zero-order valence-corrected chi connectivity index (χ0v) is 21.8. The van der Waals surface area contributed by atoms with Crippen molar-refractivity contribution in [1.82, 2.24) is 24.9 Å². The van der Waals surface area contributed by atoms with Gasteiger partial charge in [-0.1, -0.05) is 36.4 Å². The predicted molar refractivity (Wildman–Crippen MR) is 151 cm³/mol. The Labute approximate surface area is 230 Å². The van der Waals surface area contributed by atoms with Crippen molar-refractivity contribution in [2.75, 3.05) is 37.7 Å². The number of ether oxygens (including phenoxy) is 1. The van der Waals surface area contributed by atoms with E-state index in [-0.39, 0.29) is 0 Å². The molecule has 202 valence electrons. The number of fused-ring (bicyclic) bond motifs is 2. The lowest BCUT2D eigenvalue weighted by Gasteiger charge is -2.28. The molecule has 1 saturated heterocycles. The van der Waals surface area contributed by atoms with E-state index in [2.05, 4.69) is 33.5 Å². The van der Waals surface area contributed by atoms with Gasteiger partial charge in [-0.3, -0.25) is 14.6 Å². The minimum absolute atomic E-state index is 0.377. The number of anilines is 1. The number of para-hydroxylation sites is 1. The van der Waals surface area contributed by atoms with Gasteiger partial charge in [-0.05, 0) is 43.2 Å². The number of carboxylic acids is 1. The second-order valence-corrected chi connectivity index (χ2v) is 9.61. The molecule has 4 heterocycles. The summed E-state index contributed by atoms with van der Waals surface area (Å²) in [7, 11) is 0. The second-order valence-electron chi connectivity index (χ2n) is 9.61. The largest absolute Gasteiger partial charge is 0.480 e. The van der Waals surface area contributed by atoms with Crippen LogP contribution in [0, 0.1) is 0 Å². The number of hydrogen-bond donors (Lipinski definition) is 2. The van der Waals surface area contributed by atoms with Crippen LogP contribution in [-0.4, -0.2) is 69.4 Å². The lowest BCUT2D eigenvalue weighted by Crippen LogP contribution is -2.36. The van der Waals surface area contributed by atoms with Gasteiger partial charge in [-0.2, -0.15) is 5.10 Å². The van der Waals surface area contributed by atoms with E-state index in [1.54, 1.807) is 18.3 Å². The molecule has 0 spiro atoms. The fraction of sp³-hybridized carbons (Fsp3) is 0.233. The highest BCUT2D eigenvalue weighted by Gasteiger charge is 2.22. The molecule has 2 aromatic carbocycles. The number of rotatable bonds is 8. The van der Waals surface area contributed by atoms with E-state index >= 15 is 0 Å². The van der Waals surface area contributed by atoms with Gasteiger partial charge >= 0.3 is 5.97 Å². The summed E-state index contributed by atoms with van der Waals surface area (Å²) >= 11 is 0. The number of carbonyl (C=O) groups is 2. The smallest absolute Gasteiger partial charge is 0.322 e.